The summed E-state index contributed by atoms with van der Waals surface area (Å²) in [5, 5.41) is 20.9. The molecule has 23 heavy (non-hydrogen) atoms. The first kappa shape index (κ1) is 17.1. The van der Waals surface area contributed by atoms with Gasteiger partial charge in [-0.2, -0.15) is 0 Å². The lowest BCUT2D eigenvalue weighted by Gasteiger charge is -2.29. The molecule has 124 valence electrons. The summed E-state index contributed by atoms with van der Waals surface area (Å²) in [6, 6.07) is 7.78. The third-order valence-electron chi connectivity index (χ3n) is 4.31. The predicted molar refractivity (Wildman–Crippen MR) is 88.5 cm³/mol. The molecule has 0 aliphatic carbocycles. The zero-order valence-electron chi connectivity index (χ0n) is 14.1. The van der Waals surface area contributed by atoms with E-state index in [0.29, 0.717) is 0 Å². The lowest BCUT2D eigenvalue weighted by Crippen LogP contribution is -2.45. The topological polar surface area (TPSA) is 80.0 Å². The van der Waals surface area contributed by atoms with Crippen molar-refractivity contribution in [1.29, 1.82) is 0 Å². The van der Waals surface area contributed by atoms with Crippen molar-refractivity contribution in [2.45, 2.75) is 39.7 Å². The van der Waals surface area contributed by atoms with Crippen LogP contribution in [0.4, 0.5) is 0 Å². The molecule has 6 nitrogen and oxygen atoms in total. The van der Waals surface area contributed by atoms with Crippen molar-refractivity contribution in [1.82, 2.24) is 20.3 Å². The van der Waals surface area contributed by atoms with Crippen LogP contribution >= 0.6 is 0 Å². The molecule has 1 amide bonds. The Morgan fingerprint density at radius 1 is 1.39 bits per heavy atom. The Morgan fingerprint density at radius 2 is 2.04 bits per heavy atom. The molecular formula is C17H24N4O2. The maximum atomic E-state index is 12.2. The molecule has 1 heterocycles. The highest BCUT2D eigenvalue weighted by Crippen LogP contribution is 2.19. The van der Waals surface area contributed by atoms with E-state index < -0.39 is 5.60 Å². The van der Waals surface area contributed by atoms with Crippen LogP contribution in [0.5, 0.6) is 0 Å². The molecule has 0 aliphatic heterocycles. The van der Waals surface area contributed by atoms with Crippen LogP contribution in [0.15, 0.2) is 30.5 Å². The van der Waals surface area contributed by atoms with Crippen LogP contribution in [0, 0.1) is 12.8 Å². The number of benzene rings is 1. The van der Waals surface area contributed by atoms with Gasteiger partial charge in [0.15, 0.2) is 5.69 Å². The number of aromatic nitrogens is 3. The van der Waals surface area contributed by atoms with Crippen LogP contribution in [0.3, 0.4) is 0 Å². The standard InChI is InChI=1S/C17H24N4O2/c1-5-13(3)17(4,23)11-18-16(22)15-10-21(20-19-15)14-8-6-12(2)7-9-14/h6-10,13,23H,5,11H2,1-4H3,(H,18,22). The molecule has 0 fully saturated rings. The molecule has 0 spiro atoms. The minimum atomic E-state index is -0.947. The third kappa shape index (κ3) is 4.16. The van der Waals surface area contributed by atoms with E-state index in [1.807, 2.05) is 45.0 Å². The first-order valence-electron chi connectivity index (χ1n) is 7.83. The second kappa shape index (κ2) is 6.91. The van der Waals surface area contributed by atoms with Gasteiger partial charge in [0.2, 0.25) is 0 Å². The summed E-state index contributed by atoms with van der Waals surface area (Å²) in [5.74, 6) is -0.252. The highest BCUT2D eigenvalue weighted by atomic mass is 16.3. The number of hydrogen-bond acceptors (Lipinski definition) is 4. The molecule has 2 rings (SSSR count). The summed E-state index contributed by atoms with van der Waals surface area (Å²) in [7, 11) is 0. The number of nitrogens with one attached hydrogen (secondary N) is 1. The number of carbonyl (C=O) groups is 1. The van der Waals surface area contributed by atoms with Gasteiger partial charge >= 0.3 is 0 Å². The Labute approximate surface area is 136 Å². The molecule has 6 heteroatoms. The van der Waals surface area contributed by atoms with Gasteiger partial charge in [-0.15, -0.1) is 5.10 Å². The van der Waals surface area contributed by atoms with Crippen molar-refractivity contribution in [2.24, 2.45) is 5.92 Å². The van der Waals surface area contributed by atoms with Crippen LogP contribution in [0.1, 0.15) is 43.2 Å². The van der Waals surface area contributed by atoms with E-state index in [0.717, 1.165) is 17.7 Å². The maximum absolute atomic E-state index is 12.2. The van der Waals surface area contributed by atoms with Crippen molar-refractivity contribution in [3.8, 4) is 5.69 Å². The third-order valence-corrected chi connectivity index (χ3v) is 4.31. The highest BCUT2D eigenvalue weighted by Gasteiger charge is 2.28. The zero-order valence-corrected chi connectivity index (χ0v) is 14.1. The van der Waals surface area contributed by atoms with Crippen molar-refractivity contribution >= 4 is 5.91 Å². The summed E-state index contributed by atoms with van der Waals surface area (Å²) in [4.78, 5) is 12.2. The molecule has 0 aliphatic rings. The van der Waals surface area contributed by atoms with Gasteiger partial charge in [-0.1, -0.05) is 43.2 Å². The molecular weight excluding hydrogens is 292 g/mol. The first-order chi connectivity index (χ1) is 10.8. The summed E-state index contributed by atoms with van der Waals surface area (Å²) < 4.78 is 1.56. The maximum Gasteiger partial charge on any atom is 0.273 e. The van der Waals surface area contributed by atoms with Crippen molar-refractivity contribution in [2.75, 3.05) is 6.54 Å². The summed E-state index contributed by atoms with van der Waals surface area (Å²) in [5.41, 5.74) is 1.27. The average molecular weight is 316 g/mol. The van der Waals surface area contributed by atoms with E-state index >= 15 is 0 Å². The van der Waals surface area contributed by atoms with Gasteiger partial charge in [0, 0.05) is 6.54 Å². The van der Waals surface area contributed by atoms with Crippen molar-refractivity contribution in [3.05, 3.63) is 41.7 Å². The number of carbonyl (C=O) groups excluding carboxylic acids is 1. The van der Waals surface area contributed by atoms with E-state index in [9.17, 15) is 9.90 Å². The van der Waals surface area contributed by atoms with Gasteiger partial charge in [0.25, 0.3) is 5.91 Å². The van der Waals surface area contributed by atoms with Crippen LogP contribution in [0.2, 0.25) is 0 Å². The minimum absolute atomic E-state index is 0.0889. The highest BCUT2D eigenvalue weighted by molar-refractivity contribution is 5.91. The van der Waals surface area contributed by atoms with E-state index in [4.69, 9.17) is 0 Å². The van der Waals surface area contributed by atoms with Crippen molar-refractivity contribution < 1.29 is 9.90 Å². The fourth-order valence-electron chi connectivity index (χ4n) is 2.16. The van der Waals surface area contributed by atoms with Crippen molar-refractivity contribution in [3.63, 3.8) is 0 Å². The molecule has 2 aromatic rings. The predicted octanol–water partition coefficient (Wildman–Crippen LogP) is 2.10. The molecule has 1 aromatic carbocycles. The van der Waals surface area contributed by atoms with Gasteiger partial charge in [0.05, 0.1) is 17.5 Å². The van der Waals surface area contributed by atoms with Gasteiger partial charge in [0.1, 0.15) is 0 Å². The van der Waals surface area contributed by atoms with Gasteiger partial charge in [-0.05, 0) is 31.9 Å². The monoisotopic (exact) mass is 316 g/mol. The number of aliphatic hydroxyl groups is 1. The summed E-state index contributed by atoms with van der Waals surface area (Å²) in [6.45, 7) is 7.88. The molecule has 2 unspecified atom stereocenters. The molecule has 0 radical (unpaired) electrons. The quantitative estimate of drug-likeness (QED) is 0.855. The van der Waals surface area contributed by atoms with Crippen LogP contribution in [-0.2, 0) is 0 Å². The second-order valence-corrected chi connectivity index (χ2v) is 6.23. The van der Waals surface area contributed by atoms with E-state index in [2.05, 4.69) is 15.6 Å². The molecule has 1 aromatic heterocycles. The van der Waals surface area contributed by atoms with E-state index in [1.54, 1.807) is 17.8 Å². The fraction of sp³-hybridized carbons (Fsp3) is 0.471. The smallest absolute Gasteiger partial charge is 0.273 e. The zero-order chi connectivity index (χ0) is 17.0. The van der Waals surface area contributed by atoms with E-state index in [1.165, 1.54) is 0 Å². The summed E-state index contributed by atoms with van der Waals surface area (Å²) in [6.07, 6.45) is 2.42. The number of rotatable bonds is 6. The Morgan fingerprint density at radius 3 is 2.65 bits per heavy atom. The molecule has 0 bridgehead atoms. The van der Waals surface area contributed by atoms with Crippen LogP contribution in [-0.4, -0.2) is 38.2 Å². The van der Waals surface area contributed by atoms with Gasteiger partial charge < -0.3 is 10.4 Å². The number of amides is 1. The second-order valence-electron chi connectivity index (χ2n) is 6.23. The Hall–Kier alpha value is -2.21. The van der Waals surface area contributed by atoms with Gasteiger partial charge in [-0.3, -0.25) is 4.79 Å². The Kier molecular flexibility index (Phi) is 5.15. The number of nitrogens with zero attached hydrogens (tertiary/aromatic N) is 3. The van der Waals surface area contributed by atoms with E-state index in [-0.39, 0.29) is 24.1 Å². The Balaban J connectivity index is 2.03. The number of hydrogen-bond donors (Lipinski definition) is 2. The lowest BCUT2D eigenvalue weighted by molar-refractivity contribution is 0.00588. The fourth-order valence-corrected chi connectivity index (χ4v) is 2.16. The lowest BCUT2D eigenvalue weighted by atomic mass is 9.88. The SMILES string of the molecule is CCC(C)C(C)(O)CNC(=O)c1cn(-c2ccc(C)cc2)nn1. The normalized spacial score (nSPS) is 15.0. The first-order valence-corrected chi connectivity index (χ1v) is 7.83. The molecule has 2 atom stereocenters. The number of aryl methyl sites for hydroxylation is 1. The summed E-state index contributed by atoms with van der Waals surface area (Å²) >= 11 is 0. The molecule has 0 saturated carbocycles. The van der Waals surface area contributed by atoms with Crippen LogP contribution in [0.25, 0.3) is 5.69 Å². The largest absolute Gasteiger partial charge is 0.388 e. The molecule has 0 saturated heterocycles. The average Bonchev–Trinajstić information content (AvgIpc) is 3.02. The Bertz CT molecular complexity index is 661. The molecule has 2 N–H and O–H groups in total. The van der Waals surface area contributed by atoms with Crippen LogP contribution < -0.4 is 5.32 Å². The minimum Gasteiger partial charge on any atom is -0.388 e. The van der Waals surface area contributed by atoms with Gasteiger partial charge in [-0.25, -0.2) is 4.68 Å².